The lowest BCUT2D eigenvalue weighted by atomic mass is 10.3. The van der Waals surface area contributed by atoms with Gasteiger partial charge in [-0.1, -0.05) is 17.7 Å². The van der Waals surface area contributed by atoms with Gasteiger partial charge in [0.15, 0.2) is 11.6 Å². The van der Waals surface area contributed by atoms with Gasteiger partial charge in [-0.3, -0.25) is 4.72 Å². The van der Waals surface area contributed by atoms with Gasteiger partial charge in [-0.25, -0.2) is 17.2 Å². The zero-order valence-electron chi connectivity index (χ0n) is 10.7. The van der Waals surface area contributed by atoms with E-state index in [1.165, 1.54) is 25.3 Å². The molecule has 0 heterocycles. The predicted octanol–water partition coefficient (Wildman–Crippen LogP) is 3.43. The quantitative estimate of drug-likeness (QED) is 0.932. The van der Waals surface area contributed by atoms with Crippen LogP contribution >= 0.6 is 11.6 Å². The Balaban J connectivity index is 2.45. The van der Waals surface area contributed by atoms with Crippen LogP contribution in [0.15, 0.2) is 41.3 Å². The van der Waals surface area contributed by atoms with Crippen molar-refractivity contribution in [3.8, 4) is 5.75 Å². The lowest BCUT2D eigenvalue weighted by molar-refractivity contribution is 0.415. The van der Waals surface area contributed by atoms with Gasteiger partial charge in [0, 0.05) is 6.07 Å². The number of rotatable bonds is 4. The molecule has 0 amide bonds. The highest BCUT2D eigenvalue weighted by Crippen LogP contribution is 2.29. The zero-order valence-corrected chi connectivity index (χ0v) is 12.3. The average molecular weight is 334 g/mol. The van der Waals surface area contributed by atoms with E-state index >= 15 is 0 Å². The monoisotopic (exact) mass is 333 g/mol. The van der Waals surface area contributed by atoms with Gasteiger partial charge in [0.2, 0.25) is 0 Å². The highest BCUT2D eigenvalue weighted by atomic mass is 35.5. The topological polar surface area (TPSA) is 55.4 Å². The molecule has 21 heavy (non-hydrogen) atoms. The maximum Gasteiger partial charge on any atom is 0.264 e. The van der Waals surface area contributed by atoms with Crippen LogP contribution in [0.5, 0.6) is 5.75 Å². The van der Waals surface area contributed by atoms with Crippen molar-refractivity contribution in [1.29, 1.82) is 0 Å². The molecule has 0 aliphatic carbocycles. The Kier molecular flexibility index (Phi) is 4.34. The second kappa shape index (κ2) is 5.87. The molecule has 4 nitrogen and oxygen atoms in total. The number of ether oxygens (including phenoxy) is 1. The molecule has 0 atom stereocenters. The molecule has 1 N–H and O–H groups in total. The van der Waals surface area contributed by atoms with Gasteiger partial charge in [-0.15, -0.1) is 0 Å². The number of benzene rings is 2. The molecular formula is C13H10ClF2NO3S. The van der Waals surface area contributed by atoms with Crippen molar-refractivity contribution in [2.24, 2.45) is 0 Å². The van der Waals surface area contributed by atoms with Crippen LogP contribution in [0.1, 0.15) is 0 Å². The summed E-state index contributed by atoms with van der Waals surface area (Å²) >= 11 is 5.87. The first-order valence-corrected chi connectivity index (χ1v) is 7.51. The maximum absolute atomic E-state index is 13.6. The molecule has 0 spiro atoms. The fraction of sp³-hybridized carbons (Fsp3) is 0.0769. The molecule has 0 fully saturated rings. The SMILES string of the molecule is COc1ccc(Cl)c(NS(=O)(=O)c2cccc(F)c2F)c1. The van der Waals surface area contributed by atoms with Gasteiger partial charge >= 0.3 is 0 Å². The van der Waals surface area contributed by atoms with E-state index in [0.29, 0.717) is 5.75 Å². The Bertz CT molecular complexity index is 781. The van der Waals surface area contributed by atoms with Crippen LogP contribution in [-0.4, -0.2) is 15.5 Å². The van der Waals surface area contributed by atoms with Gasteiger partial charge in [0.25, 0.3) is 10.0 Å². The summed E-state index contributed by atoms with van der Waals surface area (Å²) in [6.45, 7) is 0. The molecule has 0 unspecified atom stereocenters. The first-order valence-electron chi connectivity index (χ1n) is 5.65. The summed E-state index contributed by atoms with van der Waals surface area (Å²) in [7, 11) is -2.92. The van der Waals surface area contributed by atoms with E-state index in [0.717, 1.165) is 18.2 Å². The van der Waals surface area contributed by atoms with Crippen LogP contribution in [-0.2, 0) is 10.0 Å². The molecule has 2 aromatic rings. The van der Waals surface area contributed by atoms with E-state index in [1.807, 2.05) is 0 Å². The van der Waals surface area contributed by atoms with Gasteiger partial charge in [0.05, 0.1) is 17.8 Å². The lowest BCUT2D eigenvalue weighted by Crippen LogP contribution is -2.15. The van der Waals surface area contributed by atoms with Crippen molar-refractivity contribution in [3.05, 3.63) is 53.1 Å². The third kappa shape index (κ3) is 3.25. The first kappa shape index (κ1) is 15.5. The standard InChI is InChI=1S/C13H10ClF2NO3S/c1-20-8-5-6-9(14)11(7-8)17-21(18,19)12-4-2-3-10(15)13(12)16/h2-7,17H,1H3. The molecule has 0 saturated heterocycles. The van der Waals surface area contributed by atoms with E-state index < -0.39 is 26.6 Å². The first-order chi connectivity index (χ1) is 9.85. The number of nitrogens with one attached hydrogen (secondary N) is 1. The molecule has 8 heteroatoms. The van der Waals surface area contributed by atoms with E-state index in [1.54, 1.807) is 0 Å². The minimum absolute atomic E-state index is 0.000298. The Morgan fingerprint density at radius 3 is 2.57 bits per heavy atom. The maximum atomic E-state index is 13.6. The highest BCUT2D eigenvalue weighted by molar-refractivity contribution is 7.92. The average Bonchev–Trinajstić information content (AvgIpc) is 2.44. The Morgan fingerprint density at radius 2 is 1.90 bits per heavy atom. The second-order valence-electron chi connectivity index (χ2n) is 4.00. The van der Waals surface area contributed by atoms with E-state index in [4.69, 9.17) is 16.3 Å². The number of methoxy groups -OCH3 is 1. The second-order valence-corrected chi connectivity index (χ2v) is 6.06. The fourth-order valence-electron chi connectivity index (χ4n) is 1.60. The summed E-state index contributed by atoms with van der Waals surface area (Å²) in [4.78, 5) is -0.804. The van der Waals surface area contributed by atoms with E-state index in [-0.39, 0.29) is 10.7 Å². The summed E-state index contributed by atoms with van der Waals surface area (Å²) in [6, 6.07) is 7.15. The number of hydrogen-bond acceptors (Lipinski definition) is 3. The molecule has 0 aliphatic heterocycles. The number of halogens is 3. The smallest absolute Gasteiger partial charge is 0.264 e. The minimum Gasteiger partial charge on any atom is -0.497 e. The lowest BCUT2D eigenvalue weighted by Gasteiger charge is -2.11. The van der Waals surface area contributed by atoms with Crippen LogP contribution in [0.3, 0.4) is 0 Å². The summed E-state index contributed by atoms with van der Waals surface area (Å²) in [5, 5.41) is 0.0937. The fourth-order valence-corrected chi connectivity index (χ4v) is 2.98. The van der Waals surface area contributed by atoms with Crippen LogP contribution in [0.4, 0.5) is 14.5 Å². The number of anilines is 1. The van der Waals surface area contributed by atoms with E-state index in [9.17, 15) is 17.2 Å². The van der Waals surface area contributed by atoms with Crippen molar-refractivity contribution in [3.63, 3.8) is 0 Å². The molecular weight excluding hydrogens is 324 g/mol. The third-order valence-corrected chi connectivity index (χ3v) is 4.34. The Labute approximate surface area is 125 Å². The van der Waals surface area contributed by atoms with Crippen LogP contribution in [0.2, 0.25) is 5.02 Å². The zero-order chi connectivity index (χ0) is 15.6. The molecule has 0 aliphatic rings. The molecule has 0 saturated carbocycles. The van der Waals surface area contributed by atoms with Crippen molar-refractivity contribution >= 4 is 27.3 Å². The molecule has 2 aromatic carbocycles. The summed E-state index contributed by atoms with van der Waals surface area (Å²) in [5.41, 5.74) is -0.000298. The molecule has 0 bridgehead atoms. The summed E-state index contributed by atoms with van der Waals surface area (Å²) in [6.07, 6.45) is 0. The summed E-state index contributed by atoms with van der Waals surface area (Å²) < 4.78 is 58.0. The molecule has 2 rings (SSSR count). The predicted molar refractivity (Wildman–Crippen MR) is 75.2 cm³/mol. The summed E-state index contributed by atoms with van der Waals surface area (Å²) in [5.74, 6) is -2.35. The van der Waals surface area contributed by atoms with Crippen LogP contribution in [0, 0.1) is 11.6 Å². The van der Waals surface area contributed by atoms with Gasteiger partial charge in [-0.2, -0.15) is 0 Å². The van der Waals surface area contributed by atoms with Crippen LogP contribution in [0.25, 0.3) is 0 Å². The third-order valence-electron chi connectivity index (χ3n) is 2.62. The normalized spacial score (nSPS) is 11.2. The largest absolute Gasteiger partial charge is 0.497 e. The van der Waals surface area contributed by atoms with Crippen molar-refractivity contribution in [1.82, 2.24) is 0 Å². The highest BCUT2D eigenvalue weighted by Gasteiger charge is 2.22. The Hall–Kier alpha value is -1.86. The van der Waals surface area contributed by atoms with Crippen molar-refractivity contribution in [2.75, 3.05) is 11.8 Å². The molecule has 112 valence electrons. The molecule has 0 aromatic heterocycles. The molecule has 0 radical (unpaired) electrons. The number of sulfonamides is 1. The van der Waals surface area contributed by atoms with Crippen molar-refractivity contribution < 1.29 is 21.9 Å². The van der Waals surface area contributed by atoms with Gasteiger partial charge in [0.1, 0.15) is 10.6 Å². The van der Waals surface area contributed by atoms with Gasteiger partial charge in [-0.05, 0) is 24.3 Å². The van der Waals surface area contributed by atoms with Gasteiger partial charge < -0.3 is 4.74 Å². The van der Waals surface area contributed by atoms with Crippen LogP contribution < -0.4 is 9.46 Å². The Morgan fingerprint density at radius 1 is 1.19 bits per heavy atom. The van der Waals surface area contributed by atoms with E-state index in [2.05, 4.69) is 4.72 Å². The van der Waals surface area contributed by atoms with Crippen molar-refractivity contribution in [2.45, 2.75) is 4.90 Å². The number of hydrogen-bond donors (Lipinski definition) is 1. The minimum atomic E-state index is -4.32.